The summed E-state index contributed by atoms with van der Waals surface area (Å²) >= 11 is 0. The second-order valence-electron chi connectivity index (χ2n) is 3.33. The highest BCUT2D eigenvalue weighted by Gasteiger charge is 2.18. The summed E-state index contributed by atoms with van der Waals surface area (Å²) < 4.78 is 1.10. The largest absolute Gasteiger partial charge is 0.307 e. The number of hydrogen-bond donors (Lipinski definition) is 2. The van der Waals surface area contributed by atoms with Crippen LogP contribution in [0.25, 0.3) is 5.69 Å². The van der Waals surface area contributed by atoms with E-state index in [-0.39, 0.29) is 11.4 Å². The van der Waals surface area contributed by atoms with Gasteiger partial charge in [0.15, 0.2) is 10.2 Å². The van der Waals surface area contributed by atoms with Gasteiger partial charge in [-0.25, -0.2) is 0 Å². The lowest BCUT2D eigenvalue weighted by molar-refractivity contribution is 0.797. The molecule has 0 aliphatic heterocycles. The van der Waals surface area contributed by atoms with E-state index in [0.29, 0.717) is 5.69 Å². The van der Waals surface area contributed by atoms with Crippen molar-refractivity contribution in [1.82, 2.24) is 19.6 Å². The van der Waals surface area contributed by atoms with E-state index in [9.17, 15) is 4.79 Å². The van der Waals surface area contributed by atoms with Crippen LogP contribution in [0.4, 0.5) is 11.4 Å². The van der Waals surface area contributed by atoms with E-state index in [4.69, 9.17) is 11.1 Å². The van der Waals surface area contributed by atoms with Crippen molar-refractivity contribution in [2.75, 3.05) is 0 Å². The van der Waals surface area contributed by atoms with E-state index in [2.05, 4.69) is 25.2 Å². The molecule has 0 amide bonds. The van der Waals surface area contributed by atoms with Crippen molar-refractivity contribution in [1.29, 1.82) is 11.1 Å². The normalized spacial score (nSPS) is 9.26. The minimum absolute atomic E-state index is 0.0109. The second kappa shape index (κ2) is 5.37. The van der Waals surface area contributed by atoms with E-state index in [1.165, 1.54) is 6.20 Å². The van der Waals surface area contributed by atoms with Gasteiger partial charge in [-0.3, -0.25) is 4.79 Å². The summed E-state index contributed by atoms with van der Waals surface area (Å²) in [5.74, 6) is 0. The van der Waals surface area contributed by atoms with Crippen LogP contribution in [0.5, 0.6) is 0 Å². The number of aromatic nitrogens is 2. The van der Waals surface area contributed by atoms with Gasteiger partial charge in [-0.1, -0.05) is 18.2 Å². The first-order valence-electron chi connectivity index (χ1n) is 5.10. The Bertz CT molecular complexity index is 753. The Kier molecular flexibility index (Phi) is 3.44. The zero-order valence-corrected chi connectivity index (χ0v) is 9.56. The Balaban J connectivity index is 2.74. The predicted octanol–water partition coefficient (Wildman–Crippen LogP) is 1.60. The molecule has 0 aliphatic rings. The zero-order chi connectivity index (χ0) is 13.7. The fourth-order valence-electron chi connectivity index (χ4n) is 1.46. The molecule has 1 aromatic heterocycles. The van der Waals surface area contributed by atoms with Gasteiger partial charge >= 0.3 is 5.56 Å². The molecule has 9 heteroatoms. The summed E-state index contributed by atoms with van der Waals surface area (Å²) in [5, 5.41) is 10.7. The minimum atomic E-state index is -0.591. The molecule has 0 unspecified atom stereocenters. The molecule has 19 heavy (non-hydrogen) atoms. The molecule has 1 aromatic carbocycles. The fraction of sp³-hybridized carbons (Fsp3) is 0. The Morgan fingerprint density at radius 2 is 1.79 bits per heavy atom. The lowest BCUT2D eigenvalue weighted by Crippen LogP contribution is -2.20. The first-order valence-corrected chi connectivity index (χ1v) is 5.10. The molecule has 92 valence electrons. The van der Waals surface area contributed by atoms with Gasteiger partial charge in [0.1, 0.15) is 11.1 Å². The van der Waals surface area contributed by atoms with Crippen LogP contribution < -0.4 is 15.4 Å². The van der Waals surface area contributed by atoms with Crippen molar-refractivity contribution in [3.63, 3.8) is 0 Å². The van der Waals surface area contributed by atoms with Crippen molar-refractivity contribution in [2.24, 2.45) is 10.2 Å². The standard InChI is InChI=1S/C10H8N8O/c11-16-14-8-6-13-18(7-4-2-1-3-5-7)10(19)9(8)15-17-12/h1-6,11-12H/q+2. The molecule has 0 saturated heterocycles. The molecule has 0 aliphatic carbocycles. The van der Waals surface area contributed by atoms with E-state index in [1.54, 1.807) is 24.3 Å². The molecule has 0 fully saturated rings. The number of hydrogen-bond acceptors (Lipinski definition) is 6. The maximum Gasteiger partial charge on any atom is 0.307 e. The average molecular weight is 256 g/mol. The highest BCUT2D eigenvalue weighted by Crippen LogP contribution is 2.21. The van der Waals surface area contributed by atoms with Crippen molar-refractivity contribution in [3.05, 3.63) is 46.9 Å². The highest BCUT2D eigenvalue weighted by molar-refractivity contribution is 5.58. The Hall–Kier alpha value is -3.28. The van der Waals surface area contributed by atoms with E-state index in [0.717, 1.165) is 4.68 Å². The lowest BCUT2D eigenvalue weighted by Gasteiger charge is -2.02. The van der Waals surface area contributed by atoms with Crippen LogP contribution in [0.15, 0.2) is 51.6 Å². The van der Waals surface area contributed by atoms with Crippen molar-refractivity contribution in [3.8, 4) is 5.69 Å². The van der Waals surface area contributed by atoms with Crippen molar-refractivity contribution >= 4 is 11.4 Å². The highest BCUT2D eigenvalue weighted by atomic mass is 16.1. The van der Waals surface area contributed by atoms with Gasteiger partial charge in [0.2, 0.25) is 15.5 Å². The SMILES string of the molecule is N=[N+]=Nc1cnn(-c2ccccc2)c(=O)c1N=[N+]=N. The first-order chi connectivity index (χ1) is 9.27. The quantitative estimate of drug-likeness (QED) is 0.636. The Labute approximate surface area is 106 Å². The predicted molar refractivity (Wildman–Crippen MR) is 63.7 cm³/mol. The summed E-state index contributed by atoms with van der Waals surface area (Å²) in [5.41, 5.74) is 13.1. The molecule has 2 N–H and O–H groups in total. The molecule has 9 nitrogen and oxygen atoms in total. The maximum atomic E-state index is 12.2. The van der Waals surface area contributed by atoms with E-state index >= 15 is 0 Å². The second-order valence-corrected chi connectivity index (χ2v) is 3.33. The van der Waals surface area contributed by atoms with Gasteiger partial charge in [-0.2, -0.15) is 9.78 Å². The number of nitrogens with one attached hydrogen (secondary N) is 2. The number of para-hydroxylation sites is 1. The molecule has 2 aromatic rings. The van der Waals surface area contributed by atoms with Gasteiger partial charge in [0.25, 0.3) is 5.69 Å². The van der Waals surface area contributed by atoms with Gasteiger partial charge in [-0.05, 0) is 12.1 Å². The maximum absolute atomic E-state index is 12.2. The Morgan fingerprint density at radius 3 is 2.42 bits per heavy atom. The van der Waals surface area contributed by atoms with Crippen LogP contribution >= 0.6 is 0 Å². The van der Waals surface area contributed by atoms with Gasteiger partial charge in [0, 0.05) is 0 Å². The summed E-state index contributed by atoms with van der Waals surface area (Å²) in [6.07, 6.45) is 1.23. The van der Waals surface area contributed by atoms with Crippen LogP contribution in [-0.4, -0.2) is 9.78 Å². The molecule has 1 heterocycles. The van der Waals surface area contributed by atoms with Crippen LogP contribution in [0.2, 0.25) is 0 Å². The molecule has 0 bridgehead atoms. The molecule has 0 atom stereocenters. The molecular weight excluding hydrogens is 248 g/mol. The summed E-state index contributed by atoms with van der Waals surface area (Å²) in [6, 6.07) is 8.71. The molecule has 2 rings (SSSR count). The summed E-state index contributed by atoms with van der Waals surface area (Å²) in [7, 11) is 0. The van der Waals surface area contributed by atoms with E-state index < -0.39 is 5.56 Å². The van der Waals surface area contributed by atoms with Crippen molar-refractivity contribution in [2.45, 2.75) is 0 Å². The van der Waals surface area contributed by atoms with Crippen LogP contribution in [-0.2, 0) is 0 Å². The topological polar surface area (TPSA) is 136 Å². The zero-order valence-electron chi connectivity index (χ0n) is 9.56. The first kappa shape index (κ1) is 12.2. The third-order valence-electron chi connectivity index (χ3n) is 2.24. The number of rotatable bonds is 3. The van der Waals surface area contributed by atoms with Gasteiger partial charge in [0.05, 0.1) is 11.9 Å². The molecule has 0 radical (unpaired) electrons. The monoisotopic (exact) mass is 256 g/mol. The van der Waals surface area contributed by atoms with Gasteiger partial charge < -0.3 is 0 Å². The summed E-state index contributed by atoms with van der Waals surface area (Å²) in [6.45, 7) is 0. The smallest absolute Gasteiger partial charge is 0.264 e. The van der Waals surface area contributed by atoms with Crippen molar-refractivity contribution < 1.29 is 0 Å². The van der Waals surface area contributed by atoms with E-state index in [1.807, 2.05) is 6.07 Å². The average Bonchev–Trinajstić information content (AvgIpc) is 2.44. The van der Waals surface area contributed by atoms with Crippen LogP contribution in [0, 0.1) is 11.1 Å². The molecule has 0 spiro atoms. The fourth-order valence-corrected chi connectivity index (χ4v) is 1.46. The minimum Gasteiger partial charge on any atom is -0.264 e. The molecule has 0 saturated carbocycles. The number of nitrogens with zero attached hydrogens (tertiary/aromatic N) is 6. The summed E-state index contributed by atoms with van der Waals surface area (Å²) in [4.78, 5) is 17.8. The molecular formula is C10H8N8O+2. The third kappa shape index (κ3) is 2.37. The Morgan fingerprint density at radius 1 is 1.11 bits per heavy atom. The lowest BCUT2D eigenvalue weighted by atomic mass is 10.3. The third-order valence-corrected chi connectivity index (χ3v) is 2.24. The van der Waals surface area contributed by atoms with Crippen LogP contribution in [0.3, 0.4) is 0 Å². The number of benzene rings is 1. The van der Waals surface area contributed by atoms with Gasteiger partial charge in [-0.15, -0.1) is 0 Å². The van der Waals surface area contributed by atoms with Crippen LogP contribution in [0.1, 0.15) is 0 Å².